The van der Waals surface area contributed by atoms with Crippen LogP contribution in [0.15, 0.2) is 0 Å². The fourth-order valence-corrected chi connectivity index (χ4v) is 3.19. The molecule has 2 heterocycles. The zero-order valence-electron chi connectivity index (χ0n) is 9.97. The van der Waals surface area contributed by atoms with Gasteiger partial charge in [0.15, 0.2) is 0 Å². The second-order valence-corrected chi connectivity index (χ2v) is 5.40. The van der Waals surface area contributed by atoms with Gasteiger partial charge in [0.2, 0.25) is 0 Å². The van der Waals surface area contributed by atoms with E-state index in [1.54, 1.807) is 6.92 Å². The first-order valence-electron chi connectivity index (χ1n) is 5.47. The van der Waals surface area contributed by atoms with Crippen LogP contribution in [0, 0.1) is 6.92 Å². The van der Waals surface area contributed by atoms with Gasteiger partial charge < -0.3 is 10.0 Å². The number of rotatable bonds is 2. The van der Waals surface area contributed by atoms with Gasteiger partial charge in [0.1, 0.15) is 4.88 Å². The van der Waals surface area contributed by atoms with E-state index in [1.807, 2.05) is 0 Å². The topological polar surface area (TPSA) is 53.4 Å². The number of aryl methyl sites for hydroxylation is 1. The van der Waals surface area contributed by atoms with E-state index in [2.05, 4.69) is 16.9 Å². The Morgan fingerprint density at radius 3 is 2.82 bits per heavy atom. The number of thiazole rings is 1. The van der Waals surface area contributed by atoms with Crippen LogP contribution in [0.5, 0.6) is 0 Å². The van der Waals surface area contributed by atoms with E-state index >= 15 is 0 Å². The van der Waals surface area contributed by atoms with Gasteiger partial charge in [-0.05, 0) is 33.4 Å². The minimum Gasteiger partial charge on any atom is -0.477 e. The van der Waals surface area contributed by atoms with Crippen LogP contribution in [-0.4, -0.2) is 41.1 Å². The standard InChI is InChI=1S/C11H16N2O2S.ClH/c1-7-9(11(14)15)16-10(12-7)8-4-3-5-13(2)6-8;/h8H,3-6H2,1-2H3,(H,14,15);1H. The number of carboxylic acids is 1. The third-order valence-electron chi connectivity index (χ3n) is 2.98. The van der Waals surface area contributed by atoms with E-state index < -0.39 is 5.97 Å². The first kappa shape index (κ1) is 14.4. The van der Waals surface area contributed by atoms with E-state index in [9.17, 15) is 4.79 Å². The fraction of sp³-hybridized carbons (Fsp3) is 0.636. The van der Waals surface area contributed by atoms with Crippen molar-refractivity contribution in [1.29, 1.82) is 0 Å². The third-order valence-corrected chi connectivity index (χ3v) is 4.29. The van der Waals surface area contributed by atoms with E-state index in [4.69, 9.17) is 5.11 Å². The van der Waals surface area contributed by atoms with Gasteiger partial charge in [0.05, 0.1) is 10.7 Å². The van der Waals surface area contributed by atoms with Crippen molar-refractivity contribution in [3.8, 4) is 0 Å². The molecule has 2 rings (SSSR count). The molecule has 4 nitrogen and oxygen atoms in total. The monoisotopic (exact) mass is 276 g/mol. The van der Waals surface area contributed by atoms with Gasteiger partial charge in [-0.1, -0.05) is 0 Å². The molecule has 0 spiro atoms. The maximum absolute atomic E-state index is 10.9. The smallest absolute Gasteiger partial charge is 0.347 e. The highest BCUT2D eigenvalue weighted by Crippen LogP contribution is 2.31. The van der Waals surface area contributed by atoms with E-state index in [0.29, 0.717) is 16.5 Å². The van der Waals surface area contributed by atoms with Crippen molar-refractivity contribution in [1.82, 2.24) is 9.88 Å². The molecule has 96 valence electrons. The summed E-state index contributed by atoms with van der Waals surface area (Å²) in [7, 11) is 2.10. The van der Waals surface area contributed by atoms with Crippen LogP contribution in [0.3, 0.4) is 0 Å². The Morgan fingerprint density at radius 1 is 1.59 bits per heavy atom. The molecule has 0 saturated carbocycles. The average molecular weight is 277 g/mol. The molecule has 1 aromatic heterocycles. The Balaban J connectivity index is 0.00000144. The molecule has 1 aliphatic rings. The van der Waals surface area contributed by atoms with Crippen molar-refractivity contribution in [3.05, 3.63) is 15.6 Å². The lowest BCUT2D eigenvalue weighted by Crippen LogP contribution is -2.30. The van der Waals surface area contributed by atoms with Gasteiger partial charge >= 0.3 is 5.97 Å². The van der Waals surface area contributed by atoms with Crippen LogP contribution in [0.2, 0.25) is 0 Å². The highest BCUT2D eigenvalue weighted by Gasteiger charge is 2.24. The summed E-state index contributed by atoms with van der Waals surface area (Å²) in [6.07, 6.45) is 2.29. The Morgan fingerprint density at radius 2 is 2.29 bits per heavy atom. The highest BCUT2D eigenvalue weighted by atomic mass is 35.5. The predicted molar refractivity (Wildman–Crippen MR) is 70.5 cm³/mol. The van der Waals surface area contributed by atoms with Gasteiger partial charge in [-0.15, -0.1) is 23.7 Å². The summed E-state index contributed by atoms with van der Waals surface area (Å²) < 4.78 is 0. The molecule has 1 aromatic rings. The molecule has 1 N–H and O–H groups in total. The predicted octanol–water partition coefficient (Wildman–Crippen LogP) is 2.38. The summed E-state index contributed by atoms with van der Waals surface area (Å²) in [6.45, 7) is 3.90. The van der Waals surface area contributed by atoms with Crippen LogP contribution in [-0.2, 0) is 0 Å². The number of likely N-dealkylation sites (N-methyl/N-ethyl adjacent to an activating group) is 1. The van der Waals surface area contributed by atoms with Crippen molar-refractivity contribution in [2.45, 2.75) is 25.7 Å². The Hall–Kier alpha value is -0.650. The van der Waals surface area contributed by atoms with Gasteiger partial charge in [-0.25, -0.2) is 9.78 Å². The highest BCUT2D eigenvalue weighted by molar-refractivity contribution is 7.13. The molecule has 1 saturated heterocycles. The number of carbonyl (C=O) groups is 1. The van der Waals surface area contributed by atoms with E-state index in [-0.39, 0.29) is 12.4 Å². The second kappa shape index (κ2) is 5.80. The maximum Gasteiger partial charge on any atom is 0.347 e. The van der Waals surface area contributed by atoms with Crippen LogP contribution in [0.25, 0.3) is 0 Å². The maximum atomic E-state index is 10.9. The van der Waals surface area contributed by atoms with Crippen molar-refractivity contribution in [2.24, 2.45) is 0 Å². The van der Waals surface area contributed by atoms with Gasteiger partial charge in [-0.2, -0.15) is 0 Å². The number of hydrogen-bond donors (Lipinski definition) is 1. The SMILES string of the molecule is Cc1nc(C2CCCN(C)C2)sc1C(=O)O.Cl. The summed E-state index contributed by atoms with van der Waals surface area (Å²) in [6, 6.07) is 0. The number of carboxylic acid groups (broad SMARTS) is 1. The first-order chi connectivity index (χ1) is 7.58. The summed E-state index contributed by atoms with van der Waals surface area (Å²) in [5.41, 5.74) is 0.653. The Labute approximate surface area is 111 Å². The lowest BCUT2D eigenvalue weighted by molar-refractivity contribution is 0.0701. The van der Waals surface area contributed by atoms with Crippen LogP contribution >= 0.6 is 23.7 Å². The third kappa shape index (κ3) is 3.18. The largest absolute Gasteiger partial charge is 0.477 e. The molecule has 1 atom stereocenters. The molecule has 1 fully saturated rings. The van der Waals surface area contributed by atoms with Gasteiger partial charge in [0.25, 0.3) is 0 Å². The molecule has 0 aliphatic carbocycles. The molecule has 0 bridgehead atoms. The number of piperidine rings is 1. The van der Waals surface area contributed by atoms with Gasteiger partial charge in [0, 0.05) is 12.5 Å². The number of nitrogens with zero attached hydrogens (tertiary/aromatic N) is 2. The Bertz CT molecular complexity index is 408. The molecule has 1 unspecified atom stereocenters. The minimum absolute atomic E-state index is 0. The summed E-state index contributed by atoms with van der Waals surface area (Å²) in [5, 5.41) is 9.98. The number of halogens is 1. The van der Waals surface area contributed by atoms with Crippen molar-refractivity contribution in [3.63, 3.8) is 0 Å². The van der Waals surface area contributed by atoms with Gasteiger partial charge in [-0.3, -0.25) is 0 Å². The fourth-order valence-electron chi connectivity index (χ4n) is 2.16. The average Bonchev–Trinajstić information content (AvgIpc) is 2.60. The molecule has 0 aromatic carbocycles. The normalized spacial score (nSPS) is 20.9. The number of aromatic nitrogens is 1. The summed E-state index contributed by atoms with van der Waals surface area (Å²) >= 11 is 1.34. The number of likely N-dealkylation sites (tertiary alicyclic amines) is 1. The lowest BCUT2D eigenvalue weighted by Gasteiger charge is -2.28. The van der Waals surface area contributed by atoms with Crippen LogP contribution in [0.1, 0.15) is 39.1 Å². The number of hydrogen-bond acceptors (Lipinski definition) is 4. The molecular formula is C11H17ClN2O2S. The molecule has 1 aliphatic heterocycles. The molecular weight excluding hydrogens is 260 g/mol. The zero-order valence-corrected chi connectivity index (χ0v) is 11.6. The first-order valence-corrected chi connectivity index (χ1v) is 6.28. The van der Waals surface area contributed by atoms with Crippen molar-refractivity contribution in [2.75, 3.05) is 20.1 Å². The van der Waals surface area contributed by atoms with Crippen molar-refractivity contribution >= 4 is 29.7 Å². The molecule has 6 heteroatoms. The quantitative estimate of drug-likeness (QED) is 0.901. The molecule has 0 amide bonds. The Kier molecular flexibility index (Phi) is 4.91. The summed E-state index contributed by atoms with van der Waals surface area (Å²) in [4.78, 5) is 18.0. The van der Waals surface area contributed by atoms with E-state index in [0.717, 1.165) is 24.5 Å². The number of aromatic carboxylic acids is 1. The van der Waals surface area contributed by atoms with Crippen LogP contribution in [0.4, 0.5) is 0 Å². The minimum atomic E-state index is -0.856. The van der Waals surface area contributed by atoms with E-state index in [1.165, 1.54) is 17.8 Å². The zero-order chi connectivity index (χ0) is 11.7. The second-order valence-electron chi connectivity index (χ2n) is 4.37. The molecule has 0 radical (unpaired) electrons. The summed E-state index contributed by atoms with van der Waals surface area (Å²) in [5.74, 6) is -0.444. The lowest BCUT2D eigenvalue weighted by atomic mass is 9.99. The molecule has 17 heavy (non-hydrogen) atoms. The van der Waals surface area contributed by atoms with Crippen LogP contribution < -0.4 is 0 Å². The van der Waals surface area contributed by atoms with Crippen molar-refractivity contribution < 1.29 is 9.90 Å².